The van der Waals surface area contributed by atoms with Gasteiger partial charge in [-0.3, -0.25) is 19.1 Å². The third-order valence-electron chi connectivity index (χ3n) is 6.57. The molecule has 0 aliphatic carbocycles. The molecular formula is C22H24ClF2N7O2. The second-order valence-corrected chi connectivity index (χ2v) is 9.40. The van der Waals surface area contributed by atoms with E-state index >= 15 is 0 Å². The average Bonchev–Trinajstić information content (AvgIpc) is 3.17. The molecule has 0 N–H and O–H groups in total. The number of alkyl halides is 2. The molecule has 34 heavy (non-hydrogen) atoms. The van der Waals surface area contributed by atoms with E-state index in [0.717, 1.165) is 5.56 Å². The summed E-state index contributed by atoms with van der Waals surface area (Å²) in [6.07, 6.45) is 5.93. The summed E-state index contributed by atoms with van der Waals surface area (Å²) >= 11 is 6.06. The zero-order valence-electron chi connectivity index (χ0n) is 18.6. The lowest BCUT2D eigenvalue weighted by molar-refractivity contribution is 0.0115. The number of likely N-dealkylation sites (tertiary alicyclic amines) is 1. The van der Waals surface area contributed by atoms with Crippen LogP contribution in [-0.4, -0.2) is 61.1 Å². The smallest absolute Gasteiger partial charge is 0.318 e. The number of hydrogen-bond acceptors (Lipinski definition) is 7. The molecule has 0 amide bonds. The molecule has 5 rings (SSSR count). The Balaban J connectivity index is 1.30. The van der Waals surface area contributed by atoms with Crippen LogP contribution in [0.25, 0.3) is 11.2 Å². The molecule has 2 fully saturated rings. The van der Waals surface area contributed by atoms with Gasteiger partial charge in [-0.05, 0) is 18.9 Å². The first kappa shape index (κ1) is 22.9. The van der Waals surface area contributed by atoms with E-state index in [-0.39, 0.29) is 19.0 Å². The predicted octanol–water partition coefficient (Wildman–Crippen LogP) is 2.22. The van der Waals surface area contributed by atoms with E-state index in [1.165, 1.54) is 22.4 Å². The van der Waals surface area contributed by atoms with Gasteiger partial charge in [-0.1, -0.05) is 11.6 Å². The number of aromatic nitrogens is 5. The summed E-state index contributed by atoms with van der Waals surface area (Å²) in [5.41, 5.74) is 0.515. The Kier molecular flexibility index (Phi) is 5.85. The zero-order chi connectivity index (χ0) is 24.0. The van der Waals surface area contributed by atoms with Gasteiger partial charge >= 0.3 is 11.1 Å². The van der Waals surface area contributed by atoms with E-state index in [1.54, 1.807) is 23.4 Å². The van der Waals surface area contributed by atoms with Crippen LogP contribution < -0.4 is 16.0 Å². The minimum absolute atomic E-state index is 0.116. The quantitative estimate of drug-likeness (QED) is 0.517. The SMILES string of the molecule is Cn1c(=O)c(=O)n(C2CCN(c3ncc(CN4CCC(F)(F)C4)cn3)CC2)c2ncc(Cl)cc21. The third-order valence-corrected chi connectivity index (χ3v) is 6.78. The van der Waals surface area contributed by atoms with E-state index < -0.39 is 17.0 Å². The van der Waals surface area contributed by atoms with Gasteiger partial charge in [0.15, 0.2) is 5.65 Å². The number of hydrogen-bond donors (Lipinski definition) is 0. The topological polar surface area (TPSA) is 89.2 Å². The molecule has 12 heteroatoms. The monoisotopic (exact) mass is 491 g/mol. The minimum Gasteiger partial charge on any atom is -0.341 e. The lowest BCUT2D eigenvalue weighted by Gasteiger charge is -2.33. The molecule has 0 radical (unpaired) electrons. The van der Waals surface area contributed by atoms with Crippen molar-refractivity contribution in [3.63, 3.8) is 0 Å². The maximum Gasteiger partial charge on any atom is 0.318 e. The van der Waals surface area contributed by atoms with Crippen molar-refractivity contribution in [2.45, 2.75) is 37.8 Å². The van der Waals surface area contributed by atoms with Gasteiger partial charge in [-0.2, -0.15) is 0 Å². The molecule has 2 aliphatic heterocycles. The summed E-state index contributed by atoms with van der Waals surface area (Å²) in [6.45, 7) is 1.71. The standard InChI is InChI=1S/C22H24ClF2N7O2/c1-29-17-8-15(23)11-26-18(17)32(20(34)19(29)33)16-2-5-31(6-3-16)21-27-9-14(10-28-21)12-30-7-4-22(24,25)13-30/h8-11,16H,2-7,12-13H2,1H3. The average molecular weight is 492 g/mol. The van der Waals surface area contributed by atoms with Crippen molar-refractivity contribution in [1.29, 1.82) is 0 Å². The highest BCUT2D eigenvalue weighted by Gasteiger charge is 2.38. The van der Waals surface area contributed by atoms with Gasteiger partial charge in [0.05, 0.1) is 17.1 Å². The number of piperidine rings is 1. The highest BCUT2D eigenvalue weighted by molar-refractivity contribution is 6.31. The minimum atomic E-state index is -2.62. The highest BCUT2D eigenvalue weighted by Crippen LogP contribution is 2.28. The fourth-order valence-electron chi connectivity index (χ4n) is 4.76. The number of halogens is 3. The maximum absolute atomic E-state index is 13.4. The number of anilines is 1. The van der Waals surface area contributed by atoms with Gasteiger partial charge in [0, 0.05) is 69.8 Å². The summed E-state index contributed by atoms with van der Waals surface area (Å²) in [5.74, 6) is -2.07. The van der Waals surface area contributed by atoms with E-state index in [0.29, 0.717) is 61.2 Å². The summed E-state index contributed by atoms with van der Waals surface area (Å²) in [6, 6.07) is 1.44. The van der Waals surface area contributed by atoms with Gasteiger partial charge in [-0.15, -0.1) is 0 Å². The van der Waals surface area contributed by atoms with Crippen LogP contribution in [0.15, 0.2) is 34.2 Å². The first-order valence-electron chi connectivity index (χ1n) is 11.1. The summed E-state index contributed by atoms with van der Waals surface area (Å²) in [5, 5.41) is 0.390. The molecule has 0 aromatic carbocycles. The van der Waals surface area contributed by atoms with Crippen molar-refractivity contribution >= 4 is 28.7 Å². The molecule has 3 aromatic rings. The van der Waals surface area contributed by atoms with Crippen molar-refractivity contribution in [2.75, 3.05) is 31.1 Å². The Morgan fingerprint density at radius 2 is 1.76 bits per heavy atom. The summed E-state index contributed by atoms with van der Waals surface area (Å²) in [4.78, 5) is 42.3. The summed E-state index contributed by atoms with van der Waals surface area (Å²) in [7, 11) is 1.54. The lowest BCUT2D eigenvalue weighted by atomic mass is 10.0. The molecule has 0 unspecified atom stereocenters. The largest absolute Gasteiger partial charge is 0.341 e. The molecule has 2 saturated heterocycles. The molecule has 0 saturated carbocycles. The van der Waals surface area contributed by atoms with Gasteiger partial charge in [0.25, 0.3) is 5.92 Å². The lowest BCUT2D eigenvalue weighted by Crippen LogP contribution is -2.45. The molecule has 3 aromatic heterocycles. The van der Waals surface area contributed by atoms with Crippen LogP contribution in [-0.2, 0) is 13.6 Å². The Hall–Kier alpha value is -2.92. The number of nitrogens with zero attached hydrogens (tertiary/aromatic N) is 7. The summed E-state index contributed by atoms with van der Waals surface area (Å²) < 4.78 is 29.6. The van der Waals surface area contributed by atoms with Gasteiger partial charge in [-0.25, -0.2) is 23.7 Å². The first-order valence-corrected chi connectivity index (χ1v) is 11.5. The van der Waals surface area contributed by atoms with Crippen molar-refractivity contribution in [1.82, 2.24) is 29.0 Å². The van der Waals surface area contributed by atoms with Crippen LogP contribution in [0.2, 0.25) is 5.02 Å². The fraction of sp³-hybridized carbons (Fsp3) is 0.500. The van der Waals surface area contributed by atoms with Crippen LogP contribution in [0.3, 0.4) is 0 Å². The Morgan fingerprint density at radius 3 is 2.41 bits per heavy atom. The second-order valence-electron chi connectivity index (χ2n) is 8.96. The van der Waals surface area contributed by atoms with Crippen LogP contribution in [0.4, 0.5) is 14.7 Å². The molecule has 0 spiro atoms. The zero-order valence-corrected chi connectivity index (χ0v) is 19.4. The molecule has 9 nitrogen and oxygen atoms in total. The maximum atomic E-state index is 13.4. The Bertz CT molecular complexity index is 1330. The van der Waals surface area contributed by atoms with Crippen molar-refractivity contribution in [3.05, 3.63) is 56.0 Å². The van der Waals surface area contributed by atoms with Crippen LogP contribution in [0.1, 0.15) is 30.9 Å². The number of aryl methyl sites for hydroxylation is 1. The third kappa shape index (κ3) is 4.29. The van der Waals surface area contributed by atoms with Crippen molar-refractivity contribution < 1.29 is 8.78 Å². The fourth-order valence-corrected chi connectivity index (χ4v) is 4.91. The first-order chi connectivity index (χ1) is 16.2. The van der Waals surface area contributed by atoms with Gasteiger partial charge < -0.3 is 9.47 Å². The van der Waals surface area contributed by atoms with Crippen molar-refractivity contribution in [2.24, 2.45) is 7.05 Å². The number of fused-ring (bicyclic) bond motifs is 1. The normalized spacial score (nSPS) is 19.2. The van der Waals surface area contributed by atoms with Gasteiger partial charge in [0.2, 0.25) is 5.95 Å². The van der Waals surface area contributed by atoms with E-state index in [4.69, 9.17) is 11.6 Å². The molecule has 180 valence electrons. The molecule has 0 atom stereocenters. The van der Waals surface area contributed by atoms with Crippen LogP contribution in [0.5, 0.6) is 0 Å². The Labute approximate surface area is 198 Å². The molecular weight excluding hydrogens is 468 g/mol. The van der Waals surface area contributed by atoms with Crippen molar-refractivity contribution in [3.8, 4) is 0 Å². The molecule has 0 bridgehead atoms. The number of rotatable bonds is 4. The second kappa shape index (κ2) is 8.70. The van der Waals surface area contributed by atoms with E-state index in [9.17, 15) is 18.4 Å². The van der Waals surface area contributed by atoms with Crippen LogP contribution >= 0.6 is 11.6 Å². The van der Waals surface area contributed by atoms with Gasteiger partial charge in [0.1, 0.15) is 0 Å². The van der Waals surface area contributed by atoms with E-state index in [1.807, 2.05) is 4.90 Å². The Morgan fingerprint density at radius 1 is 1.06 bits per heavy atom. The molecule has 2 aliphatic rings. The van der Waals surface area contributed by atoms with E-state index in [2.05, 4.69) is 15.0 Å². The predicted molar refractivity (Wildman–Crippen MR) is 124 cm³/mol. The highest BCUT2D eigenvalue weighted by atomic mass is 35.5. The molecule has 5 heterocycles. The van der Waals surface area contributed by atoms with Crippen LogP contribution in [0, 0.1) is 0 Å². The number of pyridine rings is 1.